The quantitative estimate of drug-likeness (QED) is 0.106. The molecule has 0 radical (unpaired) electrons. The molecule has 18 heteroatoms. The largest absolute Gasteiger partial charge is 0.480 e. The molecule has 1 unspecified atom stereocenters. The molecule has 1 saturated heterocycles. The van der Waals surface area contributed by atoms with Gasteiger partial charge in [-0.2, -0.15) is 20.2 Å². The number of amides is 1. The third kappa shape index (κ3) is 9.09. The number of carboxylic acids is 1. The Labute approximate surface area is 319 Å². The average Bonchev–Trinajstić information content (AvgIpc) is 3.62. The predicted molar refractivity (Wildman–Crippen MR) is 203 cm³/mol. The van der Waals surface area contributed by atoms with Crippen LogP contribution in [-0.4, -0.2) is 101 Å². The number of piperazine rings is 1. The van der Waals surface area contributed by atoms with Crippen LogP contribution in [0.5, 0.6) is 5.88 Å². The molecular formula is C38H36FN13O4. The van der Waals surface area contributed by atoms with E-state index in [9.17, 15) is 19.1 Å². The van der Waals surface area contributed by atoms with E-state index in [4.69, 9.17) is 10.00 Å². The summed E-state index contributed by atoms with van der Waals surface area (Å²) in [6.45, 7) is 3.10. The zero-order valence-electron chi connectivity index (χ0n) is 30.1. The maximum Gasteiger partial charge on any atom is 0.326 e. The molecule has 4 heterocycles. The highest BCUT2D eigenvalue weighted by Gasteiger charge is 2.26. The van der Waals surface area contributed by atoms with Crippen molar-refractivity contribution in [2.75, 3.05) is 49.2 Å². The summed E-state index contributed by atoms with van der Waals surface area (Å²) in [7, 11) is 1.46. The first-order chi connectivity index (χ1) is 27.2. The first-order valence-electron chi connectivity index (χ1n) is 17.6. The fourth-order valence-electron chi connectivity index (χ4n) is 6.18. The van der Waals surface area contributed by atoms with Gasteiger partial charge in [-0.1, -0.05) is 24.3 Å². The molecule has 6 aromatic rings. The van der Waals surface area contributed by atoms with E-state index in [2.05, 4.69) is 61.8 Å². The Bertz CT molecular complexity index is 2390. The van der Waals surface area contributed by atoms with Gasteiger partial charge in [-0.05, 0) is 53.6 Å². The van der Waals surface area contributed by atoms with E-state index >= 15 is 0 Å². The Morgan fingerprint density at radius 3 is 2.48 bits per heavy atom. The number of hydrogen-bond acceptors (Lipinski definition) is 14. The van der Waals surface area contributed by atoms with Crippen LogP contribution in [0, 0.1) is 17.1 Å². The standard InChI is InChI=1S/C38H36FN13O4/c1-56-33-32(41-11-12-42-33)34(53)52-15-13-51(14-16-52)22-25-3-2-4-27(17-25)44-37-48-36(43-21-31-45-28-10-9-26(39)19-29(28)46-31)49-38(50-37)47-30(35(54)55)18-23-5-7-24(20-40)8-6-23/h2-12,17,19,30H,13-16,18,21-22H2,1H3,(H,45,46)(H,54,55)(H3,43,44,47,48,49,50). The maximum atomic E-state index is 13.8. The molecule has 1 aliphatic rings. The van der Waals surface area contributed by atoms with Crippen molar-refractivity contribution in [1.29, 1.82) is 5.26 Å². The van der Waals surface area contributed by atoms with Crippen molar-refractivity contribution in [3.8, 4) is 11.9 Å². The first kappa shape index (κ1) is 37.1. The Morgan fingerprint density at radius 2 is 1.71 bits per heavy atom. The summed E-state index contributed by atoms with van der Waals surface area (Å²) in [5.74, 6) is -0.770. The third-order valence-corrected chi connectivity index (χ3v) is 8.98. The van der Waals surface area contributed by atoms with Crippen molar-refractivity contribution in [3.63, 3.8) is 0 Å². The van der Waals surface area contributed by atoms with E-state index in [1.807, 2.05) is 24.3 Å². The molecule has 17 nitrogen and oxygen atoms in total. The van der Waals surface area contributed by atoms with E-state index in [0.717, 1.165) is 5.56 Å². The fourth-order valence-corrected chi connectivity index (χ4v) is 6.18. The number of nitriles is 1. The van der Waals surface area contributed by atoms with E-state index in [-0.39, 0.29) is 48.3 Å². The summed E-state index contributed by atoms with van der Waals surface area (Å²) in [6.07, 6.45) is 3.04. The van der Waals surface area contributed by atoms with Gasteiger partial charge in [-0.15, -0.1) is 0 Å². The van der Waals surface area contributed by atoms with Gasteiger partial charge in [0, 0.05) is 57.2 Å². The molecule has 7 rings (SSSR count). The number of carbonyl (C=O) groups excluding carboxylic acids is 1. The highest BCUT2D eigenvalue weighted by Crippen LogP contribution is 2.22. The number of H-pyrrole nitrogens is 1. The number of methoxy groups -OCH3 is 1. The molecule has 3 aromatic heterocycles. The smallest absolute Gasteiger partial charge is 0.326 e. The predicted octanol–water partition coefficient (Wildman–Crippen LogP) is 3.98. The minimum atomic E-state index is -1.13. The van der Waals surface area contributed by atoms with Gasteiger partial charge in [-0.25, -0.2) is 24.1 Å². The van der Waals surface area contributed by atoms with Crippen LogP contribution in [0.3, 0.4) is 0 Å². The molecule has 0 spiro atoms. The normalized spacial score (nSPS) is 13.5. The second-order valence-electron chi connectivity index (χ2n) is 12.9. The van der Waals surface area contributed by atoms with Crippen LogP contribution in [0.1, 0.15) is 33.0 Å². The SMILES string of the molecule is COc1nccnc1C(=O)N1CCN(Cc2cccc(Nc3nc(NCc4nc5ccc(F)cc5[nH]4)nc(NC(Cc4ccc(C#N)cc4)C(=O)O)n3)c2)CC1. The summed E-state index contributed by atoms with van der Waals surface area (Å²) in [6, 6.07) is 19.6. The zero-order valence-corrected chi connectivity index (χ0v) is 30.1. The van der Waals surface area contributed by atoms with Gasteiger partial charge in [0.2, 0.25) is 23.7 Å². The average molecular weight is 758 g/mol. The molecule has 1 fully saturated rings. The number of nitrogens with one attached hydrogen (secondary N) is 4. The van der Waals surface area contributed by atoms with Crippen molar-refractivity contribution in [1.82, 2.24) is 44.7 Å². The number of carboxylic acid groups (broad SMARTS) is 1. The van der Waals surface area contributed by atoms with Gasteiger partial charge in [0.25, 0.3) is 5.91 Å². The molecule has 0 saturated carbocycles. The summed E-state index contributed by atoms with van der Waals surface area (Å²) < 4.78 is 19.0. The molecule has 284 valence electrons. The first-order valence-corrected chi connectivity index (χ1v) is 17.6. The van der Waals surface area contributed by atoms with Gasteiger partial charge in [0.05, 0.1) is 36.3 Å². The van der Waals surface area contributed by atoms with Gasteiger partial charge in [0.1, 0.15) is 17.7 Å². The van der Waals surface area contributed by atoms with Gasteiger partial charge in [0.15, 0.2) is 5.69 Å². The van der Waals surface area contributed by atoms with Crippen LogP contribution < -0.4 is 20.7 Å². The molecule has 1 amide bonds. The number of carbonyl (C=O) groups is 2. The summed E-state index contributed by atoms with van der Waals surface area (Å²) >= 11 is 0. The fraction of sp³-hybridized carbons (Fsp3) is 0.237. The van der Waals surface area contributed by atoms with Gasteiger partial charge >= 0.3 is 5.97 Å². The number of aromatic nitrogens is 7. The third-order valence-electron chi connectivity index (χ3n) is 8.98. The number of ether oxygens (including phenoxy) is 1. The molecule has 3 aromatic carbocycles. The number of imidazole rings is 1. The van der Waals surface area contributed by atoms with Crippen molar-refractivity contribution >= 4 is 46.4 Å². The molecule has 1 atom stereocenters. The minimum absolute atomic E-state index is 0.000369. The number of benzene rings is 3. The second-order valence-corrected chi connectivity index (χ2v) is 12.9. The highest BCUT2D eigenvalue weighted by molar-refractivity contribution is 5.94. The van der Waals surface area contributed by atoms with Crippen molar-refractivity contribution in [3.05, 3.63) is 113 Å². The van der Waals surface area contributed by atoms with Crippen molar-refractivity contribution < 1.29 is 23.8 Å². The lowest BCUT2D eigenvalue weighted by molar-refractivity contribution is -0.137. The lowest BCUT2D eigenvalue weighted by Gasteiger charge is -2.34. The number of aliphatic carboxylic acids is 1. The van der Waals surface area contributed by atoms with E-state index in [1.54, 1.807) is 35.2 Å². The number of halogens is 1. The van der Waals surface area contributed by atoms with Gasteiger partial charge in [-0.3, -0.25) is 9.69 Å². The van der Waals surface area contributed by atoms with Crippen LogP contribution in [0.2, 0.25) is 0 Å². The molecule has 5 N–H and O–H groups in total. The lowest BCUT2D eigenvalue weighted by Crippen LogP contribution is -2.48. The van der Waals surface area contributed by atoms with E-state index < -0.39 is 17.8 Å². The van der Waals surface area contributed by atoms with Gasteiger partial charge < -0.3 is 35.7 Å². The number of nitrogens with zero attached hydrogens (tertiary/aromatic N) is 9. The van der Waals surface area contributed by atoms with Crippen LogP contribution in [0.25, 0.3) is 11.0 Å². The second kappa shape index (κ2) is 16.8. The lowest BCUT2D eigenvalue weighted by atomic mass is 10.0. The van der Waals surface area contributed by atoms with Crippen LogP contribution >= 0.6 is 0 Å². The van der Waals surface area contributed by atoms with Crippen LogP contribution in [0.4, 0.5) is 27.9 Å². The Hall–Kier alpha value is -7.26. The molecule has 56 heavy (non-hydrogen) atoms. The zero-order chi connectivity index (χ0) is 39.0. The van der Waals surface area contributed by atoms with Crippen LogP contribution in [-0.2, 0) is 24.3 Å². The molecule has 1 aliphatic heterocycles. The summed E-state index contributed by atoms with van der Waals surface area (Å²) in [4.78, 5) is 58.8. The van der Waals surface area contributed by atoms with Crippen molar-refractivity contribution in [2.24, 2.45) is 0 Å². The molecule has 0 aliphatic carbocycles. The molecule has 0 bridgehead atoms. The number of anilines is 4. The van der Waals surface area contributed by atoms with Crippen molar-refractivity contribution in [2.45, 2.75) is 25.6 Å². The Morgan fingerprint density at radius 1 is 0.946 bits per heavy atom. The Balaban J connectivity index is 1.06. The van der Waals surface area contributed by atoms with E-state index in [1.165, 1.54) is 31.6 Å². The minimum Gasteiger partial charge on any atom is -0.480 e. The van der Waals surface area contributed by atoms with Crippen LogP contribution in [0.15, 0.2) is 79.1 Å². The number of rotatable bonds is 14. The number of hydrogen-bond donors (Lipinski definition) is 5. The monoisotopic (exact) mass is 757 g/mol. The number of fused-ring (bicyclic) bond motifs is 1. The maximum absolute atomic E-state index is 13.8. The Kier molecular flexibility index (Phi) is 11.1. The summed E-state index contributed by atoms with van der Waals surface area (Å²) in [5.41, 5.74) is 4.17. The summed E-state index contributed by atoms with van der Waals surface area (Å²) in [5, 5.41) is 28.5. The highest BCUT2D eigenvalue weighted by atomic mass is 19.1. The van der Waals surface area contributed by atoms with E-state index in [0.29, 0.717) is 66.4 Å². The topological polar surface area (TPSA) is 223 Å². The molecular weight excluding hydrogens is 722 g/mol. The number of aromatic amines is 1.